The average molecular weight is 340 g/mol. The van der Waals surface area contributed by atoms with Crippen LogP contribution in [0.1, 0.15) is 13.3 Å². The third-order valence-electron chi connectivity index (χ3n) is 4.38. The Kier molecular flexibility index (Phi) is 3.72. The molecule has 0 aliphatic heterocycles. The molecule has 0 spiro atoms. The maximum Gasteiger partial charge on any atom is 0.264 e. The minimum Gasteiger partial charge on any atom is -0.309 e. The first-order valence-electron chi connectivity index (χ1n) is 8.33. The smallest absolute Gasteiger partial charge is 0.264 e. The second-order valence-corrected chi connectivity index (χ2v) is 6.30. The van der Waals surface area contributed by atoms with Gasteiger partial charge in [-0.25, -0.2) is 9.67 Å². The van der Waals surface area contributed by atoms with E-state index in [4.69, 9.17) is 0 Å². The highest BCUT2D eigenvalue weighted by atomic mass is 16.1. The maximum absolute atomic E-state index is 13.0. The van der Waals surface area contributed by atoms with Gasteiger partial charge < -0.3 is 4.90 Å². The number of hydrogen-bond donors (Lipinski definition) is 0. The van der Waals surface area contributed by atoms with Gasteiger partial charge >= 0.3 is 0 Å². The summed E-state index contributed by atoms with van der Waals surface area (Å²) in [6, 6.07) is 0. The zero-order valence-corrected chi connectivity index (χ0v) is 14.5. The molecule has 0 aliphatic carbocycles. The van der Waals surface area contributed by atoms with Crippen LogP contribution in [0, 0.1) is 0 Å². The summed E-state index contributed by atoms with van der Waals surface area (Å²) in [4.78, 5) is 23.9. The molecule has 0 aromatic carbocycles. The van der Waals surface area contributed by atoms with Crippen molar-refractivity contribution in [2.75, 3.05) is 20.6 Å². The molecular weight excluding hydrogens is 320 g/mol. The number of nitrogens with zero attached hydrogens (tertiary/aromatic N) is 8. The molecule has 0 aliphatic rings. The van der Waals surface area contributed by atoms with Crippen molar-refractivity contribution in [3.8, 4) is 0 Å². The van der Waals surface area contributed by atoms with E-state index in [1.54, 1.807) is 26.2 Å². The summed E-state index contributed by atoms with van der Waals surface area (Å²) in [6.07, 6.45) is 5.69. The van der Waals surface area contributed by atoms with Crippen LogP contribution in [0.25, 0.3) is 27.7 Å². The maximum atomic E-state index is 13.0. The van der Waals surface area contributed by atoms with Crippen molar-refractivity contribution in [1.29, 1.82) is 0 Å². The van der Waals surface area contributed by atoms with Crippen molar-refractivity contribution < 1.29 is 0 Å². The predicted molar refractivity (Wildman–Crippen MR) is 94.7 cm³/mol. The second-order valence-electron chi connectivity index (χ2n) is 6.30. The molecular formula is C16H20N8O. The SMILES string of the molecule is CCn1ncc2c1ncc1c(=O)n(CCCN(C)C)c3ncnn3c12. The van der Waals surface area contributed by atoms with Gasteiger partial charge in [0, 0.05) is 19.3 Å². The fraction of sp³-hybridized carbons (Fsp3) is 0.438. The van der Waals surface area contributed by atoms with E-state index >= 15 is 0 Å². The summed E-state index contributed by atoms with van der Waals surface area (Å²) < 4.78 is 5.20. The molecule has 0 saturated carbocycles. The van der Waals surface area contributed by atoms with Crippen LogP contribution in [0.3, 0.4) is 0 Å². The zero-order chi connectivity index (χ0) is 17.6. The number of rotatable bonds is 5. The first-order valence-corrected chi connectivity index (χ1v) is 8.33. The van der Waals surface area contributed by atoms with Gasteiger partial charge in [-0.3, -0.25) is 9.36 Å². The molecule has 4 heterocycles. The fourth-order valence-electron chi connectivity index (χ4n) is 3.19. The van der Waals surface area contributed by atoms with Gasteiger partial charge in [0.15, 0.2) is 5.65 Å². The minimum absolute atomic E-state index is 0.0899. The summed E-state index contributed by atoms with van der Waals surface area (Å²) in [5.74, 6) is 0.549. The Balaban J connectivity index is 2.00. The molecule has 0 amide bonds. The molecule has 25 heavy (non-hydrogen) atoms. The summed E-state index contributed by atoms with van der Waals surface area (Å²) in [5.41, 5.74) is 1.37. The van der Waals surface area contributed by atoms with Gasteiger partial charge in [0.2, 0.25) is 5.78 Å². The van der Waals surface area contributed by atoms with E-state index in [-0.39, 0.29) is 5.56 Å². The van der Waals surface area contributed by atoms with Crippen molar-refractivity contribution in [2.24, 2.45) is 0 Å². The van der Waals surface area contributed by atoms with Gasteiger partial charge in [0.25, 0.3) is 5.56 Å². The van der Waals surface area contributed by atoms with Gasteiger partial charge in [-0.15, -0.1) is 0 Å². The third-order valence-corrected chi connectivity index (χ3v) is 4.38. The van der Waals surface area contributed by atoms with Crippen LogP contribution in [-0.2, 0) is 13.1 Å². The van der Waals surface area contributed by atoms with E-state index in [1.165, 1.54) is 6.33 Å². The molecule has 0 radical (unpaired) electrons. The Hall–Kier alpha value is -2.81. The monoisotopic (exact) mass is 340 g/mol. The normalized spacial score (nSPS) is 12.2. The summed E-state index contributed by atoms with van der Waals surface area (Å²) in [6.45, 7) is 4.20. The predicted octanol–water partition coefficient (Wildman–Crippen LogP) is 0.760. The minimum atomic E-state index is -0.0899. The lowest BCUT2D eigenvalue weighted by Gasteiger charge is -2.12. The molecule has 0 saturated heterocycles. The van der Waals surface area contributed by atoms with Crippen molar-refractivity contribution in [1.82, 2.24) is 38.8 Å². The van der Waals surface area contributed by atoms with Crippen molar-refractivity contribution in [3.63, 3.8) is 0 Å². The number of hydrogen-bond acceptors (Lipinski definition) is 6. The highest BCUT2D eigenvalue weighted by Gasteiger charge is 2.17. The lowest BCUT2D eigenvalue weighted by molar-refractivity contribution is 0.386. The molecule has 4 aromatic rings. The van der Waals surface area contributed by atoms with Crippen LogP contribution in [0.15, 0.2) is 23.5 Å². The van der Waals surface area contributed by atoms with Crippen molar-refractivity contribution in [3.05, 3.63) is 29.1 Å². The average Bonchev–Trinajstić information content (AvgIpc) is 3.23. The lowest BCUT2D eigenvalue weighted by atomic mass is 10.2. The van der Waals surface area contributed by atoms with Crippen molar-refractivity contribution in [2.45, 2.75) is 26.4 Å². The quantitative estimate of drug-likeness (QED) is 0.533. The van der Waals surface area contributed by atoms with Gasteiger partial charge in [0.05, 0.1) is 22.5 Å². The summed E-state index contributed by atoms with van der Waals surface area (Å²) in [5, 5.41) is 10.0. The highest BCUT2D eigenvalue weighted by Crippen LogP contribution is 2.21. The molecule has 4 aromatic heterocycles. The first-order chi connectivity index (χ1) is 12.1. The molecule has 9 nitrogen and oxygen atoms in total. The molecule has 0 N–H and O–H groups in total. The fourth-order valence-corrected chi connectivity index (χ4v) is 3.19. The molecule has 130 valence electrons. The largest absolute Gasteiger partial charge is 0.309 e. The van der Waals surface area contributed by atoms with Gasteiger partial charge in [-0.1, -0.05) is 0 Å². The van der Waals surface area contributed by atoms with Gasteiger partial charge in [-0.2, -0.15) is 19.7 Å². The Bertz CT molecular complexity index is 1120. The molecule has 4 rings (SSSR count). The first kappa shape index (κ1) is 15.7. The number of pyridine rings is 1. The van der Waals surface area contributed by atoms with E-state index in [9.17, 15) is 4.79 Å². The molecule has 0 bridgehead atoms. The van der Waals surface area contributed by atoms with E-state index < -0.39 is 0 Å². The molecule has 9 heteroatoms. The van der Waals surface area contributed by atoms with E-state index in [0.29, 0.717) is 29.8 Å². The van der Waals surface area contributed by atoms with E-state index in [2.05, 4.69) is 25.1 Å². The van der Waals surface area contributed by atoms with Crippen LogP contribution >= 0.6 is 0 Å². The molecule has 0 fully saturated rings. The van der Waals surface area contributed by atoms with Crippen LogP contribution in [-0.4, -0.2) is 59.5 Å². The Labute approximate surface area is 143 Å². The van der Waals surface area contributed by atoms with E-state index in [0.717, 1.165) is 24.0 Å². The zero-order valence-electron chi connectivity index (χ0n) is 14.5. The molecule has 0 atom stereocenters. The number of fused-ring (bicyclic) bond motifs is 5. The molecule has 0 unspecified atom stereocenters. The van der Waals surface area contributed by atoms with E-state index in [1.807, 2.05) is 21.0 Å². The Morgan fingerprint density at radius 1 is 1.12 bits per heavy atom. The number of aromatic nitrogens is 7. The number of aryl methyl sites for hydroxylation is 2. The lowest BCUT2D eigenvalue weighted by Crippen LogP contribution is -2.25. The van der Waals surface area contributed by atoms with Crippen LogP contribution in [0.4, 0.5) is 0 Å². The van der Waals surface area contributed by atoms with Crippen LogP contribution < -0.4 is 5.56 Å². The third kappa shape index (κ3) is 2.39. The Morgan fingerprint density at radius 2 is 1.96 bits per heavy atom. The summed E-state index contributed by atoms with van der Waals surface area (Å²) >= 11 is 0. The standard InChI is InChI=1S/C16H20N8O/c1-4-23-14-11(9-19-23)13-12(8-17-14)15(25)22(7-5-6-21(2)3)16-18-10-20-24(13)16/h8-10H,4-7H2,1-3H3. The Morgan fingerprint density at radius 3 is 2.72 bits per heavy atom. The van der Waals surface area contributed by atoms with Gasteiger partial charge in [-0.05, 0) is 34.0 Å². The van der Waals surface area contributed by atoms with Crippen molar-refractivity contribution >= 4 is 27.7 Å². The second kappa shape index (κ2) is 5.92. The van der Waals surface area contributed by atoms with Crippen LogP contribution in [0.2, 0.25) is 0 Å². The summed E-state index contributed by atoms with van der Waals surface area (Å²) in [7, 11) is 4.03. The van der Waals surface area contributed by atoms with Crippen LogP contribution in [0.5, 0.6) is 0 Å². The topological polar surface area (TPSA) is 86.1 Å². The van der Waals surface area contributed by atoms with Gasteiger partial charge in [0.1, 0.15) is 6.33 Å². The highest BCUT2D eigenvalue weighted by molar-refractivity contribution is 6.02.